The fraction of sp³-hybridized carbons (Fsp3) is 0.919. The normalized spacial score (nSPS) is 44.9. The smallest absolute Gasteiger partial charge is 0.306 e. The van der Waals surface area contributed by atoms with Gasteiger partial charge in [0.05, 0.1) is 19.4 Å². The molecule has 0 saturated heterocycles. The van der Waals surface area contributed by atoms with E-state index in [-0.39, 0.29) is 58.0 Å². The highest BCUT2D eigenvalue weighted by atomic mass is 16.5. The summed E-state index contributed by atoms with van der Waals surface area (Å²) in [4.78, 5) is 35.2. The standard InChI is InChI=1S/C37H60O6/c1-23(2)25-13-18-37(21-22-42-31(41)12-11-30(39)40)20-19-35(7)26(32(25)37)9-10-28-34(6)16-15-29(43-24(3)38)33(4,5)27(34)14-17-36(28,35)8/h23,25-29,32H,9-22H2,1-8H3,(H,39,40)/t25-,26?,27?,28?,29?,32?,34-,35+,36+,37+/m0/s1. The Labute approximate surface area is 260 Å². The summed E-state index contributed by atoms with van der Waals surface area (Å²) in [5, 5.41) is 8.96. The first-order valence-electron chi connectivity index (χ1n) is 17.6. The van der Waals surface area contributed by atoms with E-state index in [4.69, 9.17) is 14.6 Å². The molecule has 0 spiro atoms. The minimum atomic E-state index is -0.953. The van der Waals surface area contributed by atoms with Crippen molar-refractivity contribution in [1.82, 2.24) is 0 Å². The number of rotatable bonds is 8. The molecule has 10 atom stereocenters. The predicted molar refractivity (Wildman–Crippen MR) is 167 cm³/mol. The molecule has 5 rings (SSSR count). The Balaban J connectivity index is 1.40. The van der Waals surface area contributed by atoms with Crippen LogP contribution in [0.3, 0.4) is 0 Å². The molecule has 6 heteroatoms. The highest BCUT2D eigenvalue weighted by Gasteiger charge is 2.71. The molecule has 244 valence electrons. The molecule has 0 aromatic rings. The van der Waals surface area contributed by atoms with Gasteiger partial charge in [-0.05, 0) is 128 Å². The van der Waals surface area contributed by atoms with E-state index < -0.39 is 5.97 Å². The van der Waals surface area contributed by atoms with E-state index >= 15 is 0 Å². The first-order chi connectivity index (χ1) is 20.0. The van der Waals surface area contributed by atoms with Crippen LogP contribution in [0, 0.1) is 62.6 Å². The fourth-order valence-corrected chi connectivity index (χ4v) is 13.0. The Morgan fingerprint density at radius 2 is 1.53 bits per heavy atom. The molecule has 5 unspecified atom stereocenters. The van der Waals surface area contributed by atoms with E-state index in [2.05, 4.69) is 48.5 Å². The lowest BCUT2D eigenvalue weighted by molar-refractivity contribution is -0.252. The van der Waals surface area contributed by atoms with Crippen LogP contribution in [0.1, 0.15) is 139 Å². The van der Waals surface area contributed by atoms with Crippen molar-refractivity contribution in [2.45, 2.75) is 145 Å². The molecule has 5 aliphatic rings. The van der Waals surface area contributed by atoms with Crippen LogP contribution < -0.4 is 0 Å². The van der Waals surface area contributed by atoms with Crippen molar-refractivity contribution in [2.24, 2.45) is 62.6 Å². The van der Waals surface area contributed by atoms with Crippen molar-refractivity contribution < 1.29 is 29.0 Å². The first-order valence-corrected chi connectivity index (χ1v) is 17.6. The number of aliphatic carboxylic acids is 1. The molecule has 0 amide bonds. The zero-order valence-electron chi connectivity index (χ0n) is 28.4. The van der Waals surface area contributed by atoms with Crippen LogP contribution in [0.15, 0.2) is 0 Å². The maximum atomic E-state index is 12.3. The summed E-state index contributed by atoms with van der Waals surface area (Å²) in [6.07, 6.45) is 12.9. The van der Waals surface area contributed by atoms with Gasteiger partial charge in [-0.2, -0.15) is 0 Å². The van der Waals surface area contributed by atoms with E-state index in [1.807, 2.05) is 0 Å². The molecule has 0 radical (unpaired) electrons. The second-order valence-electron chi connectivity index (χ2n) is 17.3. The van der Waals surface area contributed by atoms with E-state index in [1.54, 1.807) is 6.92 Å². The van der Waals surface area contributed by atoms with E-state index in [0.717, 1.165) is 19.3 Å². The van der Waals surface area contributed by atoms with Gasteiger partial charge in [0, 0.05) is 12.3 Å². The topological polar surface area (TPSA) is 89.9 Å². The van der Waals surface area contributed by atoms with Gasteiger partial charge in [0.25, 0.3) is 0 Å². The van der Waals surface area contributed by atoms with Gasteiger partial charge < -0.3 is 14.6 Å². The van der Waals surface area contributed by atoms with Crippen LogP contribution in [0.4, 0.5) is 0 Å². The Morgan fingerprint density at radius 3 is 2.19 bits per heavy atom. The molecule has 5 saturated carbocycles. The molecule has 0 aliphatic heterocycles. The minimum Gasteiger partial charge on any atom is -0.481 e. The van der Waals surface area contributed by atoms with Gasteiger partial charge >= 0.3 is 17.9 Å². The summed E-state index contributed by atoms with van der Waals surface area (Å²) in [6, 6.07) is 0. The predicted octanol–water partition coefficient (Wildman–Crippen LogP) is 8.45. The number of hydrogen-bond acceptors (Lipinski definition) is 5. The average molecular weight is 601 g/mol. The van der Waals surface area contributed by atoms with Gasteiger partial charge in [-0.15, -0.1) is 0 Å². The Kier molecular flexibility index (Phi) is 8.64. The number of carbonyl (C=O) groups excluding carboxylic acids is 2. The number of esters is 2. The average Bonchev–Trinajstić information content (AvgIpc) is 3.29. The van der Waals surface area contributed by atoms with Gasteiger partial charge in [-0.25, -0.2) is 0 Å². The molecule has 0 aromatic heterocycles. The SMILES string of the molecule is CC(=O)OC1CC[C@@]2(C)C(CC[C@]3(C)C2CCC2C4[C@H](C(C)C)CC[C@]4(CCOC(=O)CCC(=O)O)CC[C@]23C)C1(C)C. The number of carboxylic acids is 1. The van der Waals surface area contributed by atoms with E-state index in [0.29, 0.717) is 42.1 Å². The number of carbonyl (C=O) groups is 3. The van der Waals surface area contributed by atoms with Crippen LogP contribution in [0.25, 0.3) is 0 Å². The highest BCUT2D eigenvalue weighted by molar-refractivity contribution is 5.76. The number of carboxylic acid groups (broad SMARTS) is 1. The largest absolute Gasteiger partial charge is 0.481 e. The molecule has 5 aliphatic carbocycles. The van der Waals surface area contributed by atoms with Crippen molar-refractivity contribution in [3.63, 3.8) is 0 Å². The molecule has 6 nitrogen and oxygen atoms in total. The molecule has 1 N–H and O–H groups in total. The lowest BCUT2D eigenvalue weighted by Crippen LogP contribution is -2.66. The molecular formula is C37H60O6. The molecule has 43 heavy (non-hydrogen) atoms. The number of ether oxygens (including phenoxy) is 2. The van der Waals surface area contributed by atoms with Crippen molar-refractivity contribution in [2.75, 3.05) is 6.61 Å². The second kappa shape index (κ2) is 11.3. The van der Waals surface area contributed by atoms with E-state index in [9.17, 15) is 14.4 Å². The zero-order valence-corrected chi connectivity index (χ0v) is 28.4. The van der Waals surface area contributed by atoms with Gasteiger partial charge in [0.1, 0.15) is 6.10 Å². The maximum absolute atomic E-state index is 12.3. The Bertz CT molecular complexity index is 1100. The fourth-order valence-electron chi connectivity index (χ4n) is 13.0. The van der Waals surface area contributed by atoms with Gasteiger partial charge in [0.2, 0.25) is 0 Å². The van der Waals surface area contributed by atoms with Crippen LogP contribution in [0.2, 0.25) is 0 Å². The van der Waals surface area contributed by atoms with Crippen molar-refractivity contribution in [1.29, 1.82) is 0 Å². The summed E-state index contributed by atoms with van der Waals surface area (Å²) in [5.41, 5.74) is 1.03. The summed E-state index contributed by atoms with van der Waals surface area (Å²) >= 11 is 0. The maximum Gasteiger partial charge on any atom is 0.306 e. The third-order valence-electron chi connectivity index (χ3n) is 15.2. The summed E-state index contributed by atoms with van der Waals surface area (Å²) in [7, 11) is 0. The molecule has 0 aromatic carbocycles. The van der Waals surface area contributed by atoms with Crippen LogP contribution >= 0.6 is 0 Å². The minimum absolute atomic E-state index is 0.0122. The zero-order chi connectivity index (χ0) is 31.6. The number of fused-ring (bicyclic) bond motifs is 7. The first kappa shape index (κ1) is 32.8. The molecular weight excluding hydrogens is 540 g/mol. The Morgan fingerprint density at radius 1 is 0.814 bits per heavy atom. The molecule has 5 fully saturated rings. The summed E-state index contributed by atoms with van der Waals surface area (Å²) < 4.78 is 11.6. The third kappa shape index (κ3) is 5.17. The summed E-state index contributed by atoms with van der Waals surface area (Å²) in [6.45, 7) is 19.5. The third-order valence-corrected chi connectivity index (χ3v) is 15.2. The van der Waals surface area contributed by atoms with Gasteiger partial charge in [-0.3, -0.25) is 14.4 Å². The van der Waals surface area contributed by atoms with Crippen molar-refractivity contribution in [3.8, 4) is 0 Å². The van der Waals surface area contributed by atoms with Crippen molar-refractivity contribution in [3.05, 3.63) is 0 Å². The molecule has 0 heterocycles. The summed E-state index contributed by atoms with van der Waals surface area (Å²) in [5.74, 6) is 2.45. The Hall–Kier alpha value is -1.59. The number of hydrogen-bond donors (Lipinski definition) is 1. The van der Waals surface area contributed by atoms with Gasteiger partial charge in [-0.1, -0.05) is 48.5 Å². The second-order valence-corrected chi connectivity index (χ2v) is 17.3. The van der Waals surface area contributed by atoms with Crippen LogP contribution in [-0.2, 0) is 23.9 Å². The molecule has 0 bridgehead atoms. The quantitative estimate of drug-likeness (QED) is 0.281. The highest BCUT2D eigenvalue weighted by Crippen LogP contribution is 2.78. The van der Waals surface area contributed by atoms with Crippen LogP contribution in [-0.4, -0.2) is 35.7 Å². The van der Waals surface area contributed by atoms with Crippen molar-refractivity contribution >= 4 is 17.9 Å². The lowest BCUT2D eigenvalue weighted by Gasteiger charge is -2.73. The van der Waals surface area contributed by atoms with Crippen LogP contribution in [0.5, 0.6) is 0 Å². The van der Waals surface area contributed by atoms with Gasteiger partial charge in [0.15, 0.2) is 0 Å². The van der Waals surface area contributed by atoms with E-state index in [1.165, 1.54) is 51.4 Å². The lowest BCUT2D eigenvalue weighted by atomic mass is 9.32. The monoisotopic (exact) mass is 600 g/mol.